The molecule has 76 valence electrons. The molecule has 1 heterocycles. The van der Waals surface area contributed by atoms with E-state index in [-0.39, 0.29) is 0 Å². The second-order valence-corrected chi connectivity index (χ2v) is 5.56. The summed E-state index contributed by atoms with van der Waals surface area (Å²) in [6.07, 6.45) is 3.74. The van der Waals surface area contributed by atoms with Gasteiger partial charge in [0.15, 0.2) is 0 Å². The standard InChI is InChI=1S/C8H9NO3S2/c1-9-5-13(10)8-4-6(14(11)12)2-3-7(8)9/h3-4H,2,5H2,1H3. The van der Waals surface area contributed by atoms with Crippen LogP contribution in [0.4, 0.5) is 0 Å². The minimum atomic E-state index is -2.19. The van der Waals surface area contributed by atoms with E-state index in [9.17, 15) is 12.6 Å². The summed E-state index contributed by atoms with van der Waals surface area (Å²) in [4.78, 5) is 2.83. The maximum Gasteiger partial charge on any atom is 0.217 e. The summed E-state index contributed by atoms with van der Waals surface area (Å²) in [5.41, 5.74) is 0.900. The minimum absolute atomic E-state index is 0.312. The average molecular weight is 231 g/mol. The molecule has 1 saturated heterocycles. The van der Waals surface area contributed by atoms with Crippen molar-refractivity contribution < 1.29 is 12.6 Å². The number of likely N-dealkylation sites (N-methyl/N-ethyl adjacent to an activating group) is 1. The summed E-state index contributed by atoms with van der Waals surface area (Å²) < 4.78 is 32.9. The molecule has 2 aliphatic rings. The smallest absolute Gasteiger partial charge is 0.217 e. The fourth-order valence-corrected chi connectivity index (χ4v) is 3.42. The molecule has 1 fully saturated rings. The molecule has 0 aromatic heterocycles. The summed E-state index contributed by atoms with van der Waals surface area (Å²) in [6.45, 7) is 0. The third-order valence-corrected chi connectivity index (χ3v) is 4.37. The lowest BCUT2D eigenvalue weighted by molar-refractivity contribution is 0.514. The lowest BCUT2D eigenvalue weighted by atomic mass is 10.1. The molecule has 0 spiro atoms. The Balaban J connectivity index is 2.55. The van der Waals surface area contributed by atoms with Crippen molar-refractivity contribution in [1.82, 2.24) is 4.90 Å². The van der Waals surface area contributed by atoms with E-state index in [1.807, 2.05) is 18.0 Å². The van der Waals surface area contributed by atoms with Crippen LogP contribution in [0.1, 0.15) is 6.42 Å². The Hall–Kier alpha value is -0.880. The highest BCUT2D eigenvalue weighted by molar-refractivity contribution is 7.89. The first kappa shape index (κ1) is 9.67. The van der Waals surface area contributed by atoms with Crippen LogP contribution in [-0.2, 0) is 21.1 Å². The van der Waals surface area contributed by atoms with Crippen molar-refractivity contribution in [3.05, 3.63) is 22.8 Å². The van der Waals surface area contributed by atoms with Crippen LogP contribution in [0, 0.1) is 0 Å². The number of fused-ring (bicyclic) bond motifs is 1. The van der Waals surface area contributed by atoms with Gasteiger partial charge in [0.2, 0.25) is 10.3 Å². The monoisotopic (exact) mass is 231 g/mol. The van der Waals surface area contributed by atoms with E-state index in [1.54, 1.807) is 0 Å². The number of hydrogen-bond acceptors (Lipinski definition) is 4. The lowest BCUT2D eigenvalue weighted by Gasteiger charge is -2.13. The van der Waals surface area contributed by atoms with E-state index in [4.69, 9.17) is 0 Å². The molecule has 0 radical (unpaired) electrons. The topological polar surface area (TPSA) is 54.5 Å². The van der Waals surface area contributed by atoms with Crippen LogP contribution in [0.25, 0.3) is 0 Å². The quantitative estimate of drug-likeness (QED) is 0.545. The van der Waals surface area contributed by atoms with Crippen molar-refractivity contribution in [3.8, 4) is 0 Å². The highest BCUT2D eigenvalue weighted by Crippen LogP contribution is 2.29. The Morgan fingerprint density at radius 2 is 2.21 bits per heavy atom. The van der Waals surface area contributed by atoms with E-state index in [2.05, 4.69) is 0 Å². The second kappa shape index (κ2) is 3.36. The van der Waals surface area contributed by atoms with Crippen molar-refractivity contribution in [2.75, 3.05) is 12.9 Å². The third kappa shape index (κ3) is 1.44. The van der Waals surface area contributed by atoms with E-state index in [0.29, 0.717) is 22.1 Å². The summed E-state index contributed by atoms with van der Waals surface area (Å²) in [7, 11) is -1.43. The molecule has 0 N–H and O–H groups in total. The molecule has 1 unspecified atom stereocenters. The van der Waals surface area contributed by atoms with E-state index >= 15 is 0 Å². The van der Waals surface area contributed by atoms with E-state index in [0.717, 1.165) is 5.70 Å². The van der Waals surface area contributed by atoms with Gasteiger partial charge in [0.25, 0.3) is 0 Å². The average Bonchev–Trinajstić information content (AvgIpc) is 2.42. The van der Waals surface area contributed by atoms with Crippen molar-refractivity contribution in [3.63, 3.8) is 0 Å². The zero-order valence-corrected chi connectivity index (χ0v) is 9.19. The maximum atomic E-state index is 11.5. The summed E-state index contributed by atoms with van der Waals surface area (Å²) in [5.74, 6) is 0.455. The Morgan fingerprint density at radius 1 is 1.50 bits per heavy atom. The summed E-state index contributed by atoms with van der Waals surface area (Å²) in [6, 6.07) is 0. The number of nitrogens with zero attached hydrogens (tertiary/aromatic N) is 1. The normalized spacial score (nSPS) is 25.6. The van der Waals surface area contributed by atoms with Gasteiger partial charge in [0.05, 0.1) is 26.4 Å². The Bertz CT molecular complexity index is 491. The fraction of sp³-hybridized carbons (Fsp3) is 0.375. The molecule has 0 aromatic carbocycles. The molecule has 0 saturated carbocycles. The van der Waals surface area contributed by atoms with Gasteiger partial charge in [-0.2, -0.15) is 8.42 Å². The molecule has 1 aliphatic carbocycles. The molecule has 1 aliphatic heterocycles. The first-order chi connectivity index (χ1) is 6.59. The van der Waals surface area contributed by atoms with Gasteiger partial charge >= 0.3 is 0 Å². The maximum absolute atomic E-state index is 11.5. The van der Waals surface area contributed by atoms with Gasteiger partial charge in [-0.05, 0) is 6.08 Å². The van der Waals surface area contributed by atoms with Gasteiger partial charge in [0.1, 0.15) is 0 Å². The molecule has 0 aromatic rings. The van der Waals surface area contributed by atoms with Crippen molar-refractivity contribution in [2.45, 2.75) is 6.42 Å². The van der Waals surface area contributed by atoms with Crippen LogP contribution in [0.5, 0.6) is 0 Å². The molecule has 1 atom stereocenters. The van der Waals surface area contributed by atoms with Gasteiger partial charge in [-0.3, -0.25) is 4.21 Å². The first-order valence-corrected chi connectivity index (χ1v) is 6.46. The van der Waals surface area contributed by atoms with Crippen molar-refractivity contribution in [2.24, 2.45) is 0 Å². The molecule has 14 heavy (non-hydrogen) atoms. The zero-order valence-electron chi connectivity index (χ0n) is 7.56. The highest BCUT2D eigenvalue weighted by atomic mass is 32.2. The van der Waals surface area contributed by atoms with Gasteiger partial charge < -0.3 is 4.90 Å². The SMILES string of the molecule is CN1CS(=O)C2=CC(=S(=O)=O)CC=C21. The Morgan fingerprint density at radius 3 is 2.86 bits per heavy atom. The van der Waals surface area contributed by atoms with Gasteiger partial charge in [-0.1, -0.05) is 6.08 Å². The molecule has 0 amide bonds. The van der Waals surface area contributed by atoms with Crippen molar-refractivity contribution >= 4 is 26.0 Å². The molecular formula is C8H9NO3S2. The zero-order chi connectivity index (χ0) is 10.3. The first-order valence-electron chi connectivity index (χ1n) is 4.06. The lowest BCUT2D eigenvalue weighted by Crippen LogP contribution is -2.13. The number of allylic oxidation sites excluding steroid dienone is 2. The van der Waals surface area contributed by atoms with Gasteiger partial charge in [-0.15, -0.1) is 0 Å². The van der Waals surface area contributed by atoms with Crippen LogP contribution < -0.4 is 0 Å². The summed E-state index contributed by atoms with van der Waals surface area (Å²) in [5, 5.41) is 0. The predicted octanol–water partition coefficient (Wildman–Crippen LogP) is -0.139. The minimum Gasteiger partial charge on any atom is -0.362 e. The molecule has 0 bridgehead atoms. The Kier molecular flexibility index (Phi) is 2.32. The van der Waals surface area contributed by atoms with E-state index in [1.165, 1.54) is 6.08 Å². The number of hydrogen-bond donors (Lipinski definition) is 0. The fourth-order valence-electron chi connectivity index (χ4n) is 1.53. The largest absolute Gasteiger partial charge is 0.362 e. The van der Waals surface area contributed by atoms with Crippen LogP contribution in [0.3, 0.4) is 0 Å². The van der Waals surface area contributed by atoms with Crippen LogP contribution in [0.15, 0.2) is 22.8 Å². The molecular weight excluding hydrogens is 222 g/mol. The highest BCUT2D eigenvalue weighted by Gasteiger charge is 2.28. The Labute approximate surface area is 85.9 Å². The van der Waals surface area contributed by atoms with Crippen LogP contribution >= 0.6 is 0 Å². The van der Waals surface area contributed by atoms with Gasteiger partial charge in [0, 0.05) is 19.2 Å². The number of rotatable bonds is 0. The van der Waals surface area contributed by atoms with Gasteiger partial charge in [-0.25, -0.2) is 0 Å². The van der Waals surface area contributed by atoms with Crippen LogP contribution in [-0.4, -0.2) is 35.3 Å². The predicted molar refractivity (Wildman–Crippen MR) is 55.5 cm³/mol. The summed E-state index contributed by atoms with van der Waals surface area (Å²) >= 11 is 0. The molecule has 4 nitrogen and oxygen atoms in total. The third-order valence-electron chi connectivity index (χ3n) is 2.22. The van der Waals surface area contributed by atoms with Crippen molar-refractivity contribution in [1.29, 1.82) is 0 Å². The second-order valence-electron chi connectivity index (χ2n) is 3.18. The van der Waals surface area contributed by atoms with Crippen LogP contribution in [0.2, 0.25) is 0 Å². The van der Waals surface area contributed by atoms with E-state index < -0.39 is 21.1 Å². The molecule has 6 heteroatoms. The molecule has 2 rings (SSSR count).